The van der Waals surface area contributed by atoms with Crippen molar-refractivity contribution in [3.8, 4) is 0 Å². The van der Waals surface area contributed by atoms with Gasteiger partial charge in [0.15, 0.2) is 0 Å². The number of amides is 1. The zero-order chi connectivity index (χ0) is 14.8. The van der Waals surface area contributed by atoms with Crippen LogP contribution in [0.2, 0.25) is 0 Å². The molecule has 1 saturated heterocycles. The third kappa shape index (κ3) is 3.98. The number of aromatic amines is 1. The predicted molar refractivity (Wildman–Crippen MR) is 96.3 cm³/mol. The maximum absolute atomic E-state index is 12.9. The number of hydrogen-bond acceptors (Lipinski definition) is 3. The van der Waals surface area contributed by atoms with Crippen molar-refractivity contribution in [3.05, 3.63) is 47.3 Å². The lowest BCUT2D eigenvalue weighted by Crippen LogP contribution is -2.38. The molecule has 1 aromatic carbocycles. The minimum Gasteiger partial charge on any atom is -0.399 e. The predicted octanol–water partition coefficient (Wildman–Crippen LogP) is 3.51. The second-order valence-corrected chi connectivity index (χ2v) is 5.62. The van der Waals surface area contributed by atoms with Crippen LogP contribution in [0.5, 0.6) is 0 Å². The highest BCUT2D eigenvalue weighted by molar-refractivity contribution is 5.96. The van der Waals surface area contributed by atoms with E-state index in [1.165, 1.54) is 0 Å². The zero-order valence-corrected chi connectivity index (χ0v) is 14.6. The lowest BCUT2D eigenvalue weighted by molar-refractivity contribution is 0.0611. The van der Waals surface area contributed by atoms with Gasteiger partial charge in [0.2, 0.25) is 0 Å². The fraction of sp³-hybridized carbons (Fsp3) is 0.375. The zero-order valence-electron chi connectivity index (χ0n) is 13.0. The number of H-pyrrole nitrogens is 1. The van der Waals surface area contributed by atoms with Crippen molar-refractivity contribution in [2.45, 2.75) is 32.2 Å². The Morgan fingerprint density at radius 1 is 1.35 bits per heavy atom. The maximum Gasteiger partial charge on any atom is 0.254 e. The first-order valence-corrected chi connectivity index (χ1v) is 7.32. The monoisotopic (exact) mass is 356 g/mol. The Balaban J connectivity index is 0.00000132. The first-order valence-electron chi connectivity index (χ1n) is 7.32. The Labute approximate surface area is 148 Å². The molecule has 2 aromatic rings. The minimum atomic E-state index is 0. The van der Waals surface area contributed by atoms with Crippen molar-refractivity contribution < 1.29 is 4.79 Å². The first-order chi connectivity index (χ1) is 10.2. The van der Waals surface area contributed by atoms with Crippen LogP contribution in [0.25, 0.3) is 0 Å². The van der Waals surface area contributed by atoms with Crippen molar-refractivity contribution >= 4 is 36.4 Å². The molecule has 0 radical (unpaired) electrons. The molecule has 3 N–H and O–H groups in total. The number of nitrogens with zero attached hydrogens (tertiary/aromatic N) is 2. The Hall–Kier alpha value is -1.72. The lowest BCUT2D eigenvalue weighted by atomic mass is 9.95. The molecular weight excluding hydrogens is 335 g/mol. The summed E-state index contributed by atoms with van der Waals surface area (Å²) in [6.45, 7) is 2.73. The van der Waals surface area contributed by atoms with Crippen LogP contribution < -0.4 is 5.73 Å². The summed E-state index contributed by atoms with van der Waals surface area (Å²) in [5.74, 6) is 0.0608. The second kappa shape index (κ2) is 8.22. The molecule has 1 unspecified atom stereocenters. The smallest absolute Gasteiger partial charge is 0.254 e. The van der Waals surface area contributed by atoms with E-state index in [-0.39, 0.29) is 36.8 Å². The van der Waals surface area contributed by atoms with E-state index in [9.17, 15) is 4.79 Å². The fourth-order valence-corrected chi connectivity index (χ4v) is 2.99. The van der Waals surface area contributed by atoms with Gasteiger partial charge in [0.05, 0.1) is 12.2 Å². The summed E-state index contributed by atoms with van der Waals surface area (Å²) >= 11 is 0. The summed E-state index contributed by atoms with van der Waals surface area (Å²) in [5.41, 5.74) is 9.20. The van der Waals surface area contributed by atoms with E-state index in [4.69, 9.17) is 5.73 Å². The standard InChI is InChI=1S/C16H20N4O.2ClH/c1-11-5-6-13(17)8-14(11)16(21)20-7-3-2-4-15(20)12-9-18-19-10-12;;/h5-6,8-10,15H,2-4,7,17H2,1H3,(H,18,19);2*1H. The lowest BCUT2D eigenvalue weighted by Gasteiger charge is -2.35. The van der Waals surface area contributed by atoms with Gasteiger partial charge in [-0.25, -0.2) is 0 Å². The molecular formula is C16H22Cl2N4O. The summed E-state index contributed by atoms with van der Waals surface area (Å²) in [7, 11) is 0. The number of rotatable bonds is 2. The van der Waals surface area contributed by atoms with E-state index in [1.54, 1.807) is 6.07 Å². The third-order valence-electron chi connectivity index (χ3n) is 4.16. The van der Waals surface area contributed by atoms with E-state index in [1.807, 2.05) is 36.4 Å². The number of nitrogens with one attached hydrogen (secondary N) is 1. The number of nitrogen functional groups attached to an aromatic ring is 1. The largest absolute Gasteiger partial charge is 0.399 e. The molecule has 23 heavy (non-hydrogen) atoms. The molecule has 0 saturated carbocycles. The van der Waals surface area contributed by atoms with E-state index >= 15 is 0 Å². The van der Waals surface area contributed by atoms with Crippen molar-refractivity contribution in [1.29, 1.82) is 0 Å². The summed E-state index contributed by atoms with van der Waals surface area (Å²) in [6, 6.07) is 5.61. The average molecular weight is 357 g/mol. The molecule has 1 fully saturated rings. The first kappa shape index (κ1) is 19.3. The number of benzene rings is 1. The SMILES string of the molecule is Cc1ccc(N)cc1C(=O)N1CCCCC1c1cn[nH]c1.Cl.Cl. The number of carbonyl (C=O) groups is 1. The summed E-state index contributed by atoms with van der Waals surface area (Å²) < 4.78 is 0. The van der Waals surface area contributed by atoms with Crippen molar-refractivity contribution in [2.24, 2.45) is 0 Å². The number of likely N-dealkylation sites (tertiary alicyclic amines) is 1. The van der Waals surface area contributed by atoms with Crippen LogP contribution in [0.1, 0.15) is 46.8 Å². The molecule has 1 aromatic heterocycles. The summed E-state index contributed by atoms with van der Waals surface area (Å²) in [6.07, 6.45) is 6.84. The highest BCUT2D eigenvalue weighted by Crippen LogP contribution is 2.32. The van der Waals surface area contributed by atoms with Gasteiger partial charge in [-0.05, 0) is 43.9 Å². The Morgan fingerprint density at radius 2 is 2.13 bits per heavy atom. The normalized spacial score (nSPS) is 17.1. The third-order valence-corrected chi connectivity index (χ3v) is 4.16. The van der Waals surface area contributed by atoms with Crippen LogP contribution >= 0.6 is 24.8 Å². The number of nitrogens with two attached hydrogens (primary N) is 1. The molecule has 1 aliphatic rings. The van der Waals surface area contributed by atoms with Crippen molar-refractivity contribution in [2.75, 3.05) is 12.3 Å². The van der Waals surface area contributed by atoms with Crippen LogP contribution in [0.4, 0.5) is 5.69 Å². The Morgan fingerprint density at radius 3 is 2.83 bits per heavy atom. The van der Waals surface area contributed by atoms with Crippen molar-refractivity contribution in [1.82, 2.24) is 15.1 Å². The van der Waals surface area contributed by atoms with Gasteiger partial charge in [0.1, 0.15) is 0 Å². The molecule has 126 valence electrons. The van der Waals surface area contributed by atoms with Gasteiger partial charge in [-0.1, -0.05) is 6.07 Å². The van der Waals surface area contributed by atoms with Crippen LogP contribution in [0, 0.1) is 6.92 Å². The Bertz CT molecular complexity index is 646. The van der Waals surface area contributed by atoms with E-state index < -0.39 is 0 Å². The Kier molecular flexibility index (Phi) is 6.91. The van der Waals surface area contributed by atoms with Gasteiger partial charge in [-0.2, -0.15) is 5.10 Å². The summed E-state index contributed by atoms with van der Waals surface area (Å²) in [5, 5.41) is 6.85. The van der Waals surface area contributed by atoms with E-state index in [0.717, 1.165) is 36.9 Å². The molecule has 1 aliphatic heterocycles. The van der Waals surface area contributed by atoms with Gasteiger partial charge < -0.3 is 10.6 Å². The van der Waals surface area contributed by atoms with Gasteiger partial charge in [0, 0.05) is 29.6 Å². The molecule has 5 nitrogen and oxygen atoms in total. The topological polar surface area (TPSA) is 75.0 Å². The van der Waals surface area contributed by atoms with Crippen LogP contribution in [-0.2, 0) is 0 Å². The number of halogens is 2. The quantitative estimate of drug-likeness (QED) is 0.808. The maximum atomic E-state index is 12.9. The molecule has 0 aliphatic carbocycles. The highest BCUT2D eigenvalue weighted by atomic mass is 35.5. The number of aryl methyl sites for hydroxylation is 1. The number of anilines is 1. The number of piperidine rings is 1. The van der Waals surface area contributed by atoms with Gasteiger partial charge >= 0.3 is 0 Å². The van der Waals surface area contributed by atoms with Crippen LogP contribution in [0.15, 0.2) is 30.6 Å². The average Bonchev–Trinajstić information content (AvgIpc) is 3.03. The number of hydrogen-bond donors (Lipinski definition) is 2. The number of carbonyl (C=O) groups excluding carboxylic acids is 1. The van der Waals surface area contributed by atoms with Crippen LogP contribution in [-0.4, -0.2) is 27.5 Å². The summed E-state index contributed by atoms with van der Waals surface area (Å²) in [4.78, 5) is 14.9. The molecule has 7 heteroatoms. The van der Waals surface area contributed by atoms with E-state index in [0.29, 0.717) is 11.3 Å². The highest BCUT2D eigenvalue weighted by Gasteiger charge is 2.29. The number of aromatic nitrogens is 2. The van der Waals surface area contributed by atoms with Gasteiger partial charge in [0.25, 0.3) is 5.91 Å². The molecule has 2 heterocycles. The fourth-order valence-electron chi connectivity index (χ4n) is 2.99. The second-order valence-electron chi connectivity index (χ2n) is 5.62. The molecule has 3 rings (SSSR count). The van der Waals surface area contributed by atoms with Crippen LogP contribution in [0.3, 0.4) is 0 Å². The minimum absolute atomic E-state index is 0. The molecule has 1 amide bonds. The molecule has 0 bridgehead atoms. The van der Waals surface area contributed by atoms with E-state index in [2.05, 4.69) is 10.2 Å². The molecule has 0 spiro atoms. The molecule has 1 atom stereocenters. The van der Waals surface area contributed by atoms with Gasteiger partial charge in [-0.3, -0.25) is 9.89 Å². The van der Waals surface area contributed by atoms with Crippen molar-refractivity contribution in [3.63, 3.8) is 0 Å². The van der Waals surface area contributed by atoms with Gasteiger partial charge in [-0.15, -0.1) is 24.8 Å².